The monoisotopic (exact) mass is 226 g/mol. The van der Waals surface area contributed by atoms with Gasteiger partial charge in [0.15, 0.2) is 0 Å². The van der Waals surface area contributed by atoms with E-state index in [4.69, 9.17) is 11.6 Å². The molecule has 0 saturated heterocycles. The quantitative estimate of drug-likeness (QED) is 0.738. The summed E-state index contributed by atoms with van der Waals surface area (Å²) in [6.07, 6.45) is 3.95. The maximum atomic E-state index is 11.5. The maximum Gasteiger partial charge on any atom is 0.133 e. The van der Waals surface area contributed by atoms with E-state index in [1.807, 2.05) is 7.05 Å². The molecule has 3 nitrogen and oxygen atoms in total. The van der Waals surface area contributed by atoms with Crippen LogP contribution in [0.1, 0.15) is 37.8 Å². The summed E-state index contributed by atoms with van der Waals surface area (Å²) < 4.78 is 1.79. The molecule has 0 bridgehead atoms. The predicted molar refractivity (Wildman–Crippen MR) is 59.0 cm³/mol. The second kappa shape index (κ2) is 3.97. The zero-order valence-corrected chi connectivity index (χ0v) is 9.79. The lowest BCUT2D eigenvalue weighted by molar-refractivity contribution is -0.121. The Morgan fingerprint density at radius 1 is 1.60 bits per heavy atom. The van der Waals surface area contributed by atoms with Crippen LogP contribution in [0.15, 0.2) is 6.20 Å². The van der Waals surface area contributed by atoms with Crippen LogP contribution in [-0.4, -0.2) is 15.6 Å². The lowest BCUT2D eigenvalue weighted by atomic mass is 9.78. The molecule has 1 saturated carbocycles. The van der Waals surface area contributed by atoms with Crippen molar-refractivity contribution in [2.75, 3.05) is 0 Å². The van der Waals surface area contributed by atoms with Gasteiger partial charge in [-0.1, -0.05) is 18.5 Å². The highest BCUT2D eigenvalue weighted by Crippen LogP contribution is 2.38. The van der Waals surface area contributed by atoms with E-state index < -0.39 is 0 Å². The van der Waals surface area contributed by atoms with Gasteiger partial charge in [0.05, 0.1) is 16.9 Å². The van der Waals surface area contributed by atoms with E-state index in [2.05, 4.69) is 12.0 Å². The number of aryl methyl sites for hydroxylation is 1. The molecule has 2 atom stereocenters. The lowest BCUT2D eigenvalue weighted by Gasteiger charge is -2.28. The van der Waals surface area contributed by atoms with Crippen LogP contribution in [0.5, 0.6) is 0 Å². The van der Waals surface area contributed by atoms with Crippen LogP contribution in [0.3, 0.4) is 0 Å². The van der Waals surface area contributed by atoms with E-state index in [0.717, 1.165) is 12.1 Å². The molecule has 0 aromatic carbocycles. The molecule has 1 heterocycles. The first-order valence-corrected chi connectivity index (χ1v) is 5.66. The van der Waals surface area contributed by atoms with Crippen LogP contribution in [0.4, 0.5) is 0 Å². The molecule has 0 spiro atoms. The molecule has 1 aromatic heterocycles. The zero-order valence-electron chi connectivity index (χ0n) is 9.03. The van der Waals surface area contributed by atoms with Crippen LogP contribution in [-0.2, 0) is 11.8 Å². The van der Waals surface area contributed by atoms with Crippen LogP contribution in [0.25, 0.3) is 0 Å². The molecule has 2 rings (SSSR count). The van der Waals surface area contributed by atoms with Gasteiger partial charge in [-0.3, -0.25) is 9.48 Å². The van der Waals surface area contributed by atoms with Gasteiger partial charge in [0.25, 0.3) is 0 Å². The van der Waals surface area contributed by atoms with Crippen molar-refractivity contribution in [2.45, 2.75) is 32.1 Å². The number of carbonyl (C=O) groups excluding carboxylic acids is 1. The Morgan fingerprint density at radius 2 is 2.33 bits per heavy atom. The molecular weight excluding hydrogens is 212 g/mol. The molecule has 1 aliphatic carbocycles. The largest absolute Gasteiger partial charge is 0.300 e. The van der Waals surface area contributed by atoms with Crippen molar-refractivity contribution in [3.8, 4) is 0 Å². The maximum absolute atomic E-state index is 11.5. The molecule has 0 amide bonds. The number of hydrogen-bond acceptors (Lipinski definition) is 2. The first-order valence-electron chi connectivity index (χ1n) is 5.28. The van der Waals surface area contributed by atoms with Gasteiger partial charge in [0.1, 0.15) is 5.78 Å². The second-order valence-corrected chi connectivity index (χ2v) is 4.77. The van der Waals surface area contributed by atoms with Crippen molar-refractivity contribution in [2.24, 2.45) is 13.0 Å². The summed E-state index contributed by atoms with van der Waals surface area (Å²) in [5.41, 5.74) is 1.01. The van der Waals surface area contributed by atoms with Gasteiger partial charge < -0.3 is 0 Å². The highest BCUT2D eigenvalue weighted by Gasteiger charge is 2.30. The number of hydrogen-bond donors (Lipinski definition) is 0. The van der Waals surface area contributed by atoms with Gasteiger partial charge in [0.2, 0.25) is 0 Å². The van der Waals surface area contributed by atoms with Crippen LogP contribution < -0.4 is 0 Å². The highest BCUT2D eigenvalue weighted by molar-refractivity contribution is 6.31. The van der Waals surface area contributed by atoms with E-state index in [1.54, 1.807) is 10.9 Å². The molecule has 2 unspecified atom stereocenters. The normalized spacial score (nSPS) is 27.0. The van der Waals surface area contributed by atoms with Gasteiger partial charge in [-0.2, -0.15) is 5.10 Å². The molecule has 4 heteroatoms. The third-order valence-corrected chi connectivity index (χ3v) is 3.59. The van der Waals surface area contributed by atoms with E-state index in [-0.39, 0.29) is 5.92 Å². The van der Waals surface area contributed by atoms with Crippen molar-refractivity contribution < 1.29 is 4.79 Å². The van der Waals surface area contributed by atoms with Crippen LogP contribution >= 0.6 is 11.6 Å². The van der Waals surface area contributed by atoms with Crippen molar-refractivity contribution in [3.05, 3.63) is 16.9 Å². The summed E-state index contributed by atoms with van der Waals surface area (Å²) in [7, 11) is 1.88. The number of halogens is 1. The Bertz CT molecular complexity index is 366. The molecule has 82 valence electrons. The molecule has 1 fully saturated rings. The third kappa shape index (κ3) is 1.93. The number of Topliss-reactive ketones (excluding diaryl/α,β-unsaturated/α-hetero) is 1. The second-order valence-electron chi connectivity index (χ2n) is 4.37. The summed E-state index contributed by atoms with van der Waals surface area (Å²) in [6, 6.07) is 0. The summed E-state index contributed by atoms with van der Waals surface area (Å²) in [6.45, 7) is 2.18. The minimum Gasteiger partial charge on any atom is -0.300 e. The van der Waals surface area contributed by atoms with Gasteiger partial charge in [-0.05, 0) is 12.3 Å². The van der Waals surface area contributed by atoms with E-state index in [9.17, 15) is 4.79 Å². The van der Waals surface area contributed by atoms with Gasteiger partial charge >= 0.3 is 0 Å². The standard InChI is InChI=1S/C11H15ClN2O/c1-7-3-4-8(15)5-9(7)11-10(12)6-13-14(11)2/h6-7,9H,3-5H2,1-2H3. The number of carbonyl (C=O) groups is 1. The van der Waals surface area contributed by atoms with E-state index in [0.29, 0.717) is 29.6 Å². The average Bonchev–Trinajstić information content (AvgIpc) is 2.51. The fourth-order valence-corrected chi connectivity index (χ4v) is 2.65. The summed E-state index contributed by atoms with van der Waals surface area (Å²) in [5, 5.41) is 4.81. The Labute approximate surface area is 94.4 Å². The fourth-order valence-electron chi connectivity index (χ4n) is 2.34. The Balaban J connectivity index is 2.32. The summed E-state index contributed by atoms with van der Waals surface area (Å²) in [5.74, 6) is 1.09. The highest BCUT2D eigenvalue weighted by atomic mass is 35.5. The molecule has 1 aromatic rings. The van der Waals surface area contributed by atoms with Crippen molar-refractivity contribution >= 4 is 17.4 Å². The van der Waals surface area contributed by atoms with Crippen molar-refractivity contribution in [3.63, 3.8) is 0 Å². The van der Waals surface area contributed by atoms with Gasteiger partial charge in [-0.15, -0.1) is 0 Å². The molecule has 15 heavy (non-hydrogen) atoms. The summed E-state index contributed by atoms with van der Waals surface area (Å²) >= 11 is 6.10. The minimum atomic E-state index is 0.242. The van der Waals surface area contributed by atoms with Gasteiger partial charge in [0, 0.05) is 25.8 Å². The number of aromatic nitrogens is 2. The Morgan fingerprint density at radius 3 is 2.93 bits per heavy atom. The minimum absolute atomic E-state index is 0.242. The fraction of sp³-hybridized carbons (Fsp3) is 0.636. The zero-order chi connectivity index (χ0) is 11.0. The first-order chi connectivity index (χ1) is 7.09. The number of ketones is 1. The smallest absolute Gasteiger partial charge is 0.133 e. The molecule has 1 aliphatic rings. The van der Waals surface area contributed by atoms with Crippen LogP contribution in [0.2, 0.25) is 5.02 Å². The molecule has 0 aliphatic heterocycles. The predicted octanol–water partition coefficient (Wildman–Crippen LogP) is 2.55. The number of rotatable bonds is 1. The van der Waals surface area contributed by atoms with Gasteiger partial charge in [-0.25, -0.2) is 0 Å². The van der Waals surface area contributed by atoms with E-state index in [1.165, 1.54) is 0 Å². The molecule has 0 radical (unpaired) electrons. The van der Waals surface area contributed by atoms with Crippen LogP contribution in [0, 0.1) is 5.92 Å². The summed E-state index contributed by atoms with van der Waals surface area (Å²) in [4.78, 5) is 11.5. The first kappa shape index (κ1) is 10.7. The Kier molecular flexibility index (Phi) is 2.83. The van der Waals surface area contributed by atoms with Crippen molar-refractivity contribution in [1.82, 2.24) is 9.78 Å². The number of nitrogens with zero attached hydrogens (tertiary/aromatic N) is 2. The lowest BCUT2D eigenvalue weighted by Crippen LogP contribution is -2.23. The SMILES string of the molecule is CC1CCC(=O)CC1c1c(Cl)cnn1C. The Hall–Kier alpha value is -0.830. The van der Waals surface area contributed by atoms with E-state index >= 15 is 0 Å². The topological polar surface area (TPSA) is 34.9 Å². The third-order valence-electron chi connectivity index (χ3n) is 3.30. The average molecular weight is 227 g/mol. The molecule has 0 N–H and O–H groups in total. The van der Waals surface area contributed by atoms with Crippen molar-refractivity contribution in [1.29, 1.82) is 0 Å². The molecular formula is C11H15ClN2O.